The van der Waals surface area contributed by atoms with Crippen LogP contribution in [0.5, 0.6) is 0 Å². The number of aryl methyl sites for hydroxylation is 1. The highest BCUT2D eigenvalue weighted by Crippen LogP contribution is 2.19. The van der Waals surface area contributed by atoms with Gasteiger partial charge in [-0.1, -0.05) is 5.16 Å². The third-order valence-corrected chi connectivity index (χ3v) is 4.58. The number of rotatable bonds is 6. The lowest BCUT2D eigenvalue weighted by Gasteiger charge is -2.31. The van der Waals surface area contributed by atoms with E-state index < -0.39 is 0 Å². The summed E-state index contributed by atoms with van der Waals surface area (Å²) in [6, 6.07) is 5.90. The molecule has 0 spiro atoms. The van der Waals surface area contributed by atoms with E-state index in [9.17, 15) is 9.18 Å². The number of aliphatic hydroxyl groups is 1. The molecule has 0 saturated carbocycles. The van der Waals surface area contributed by atoms with Crippen molar-refractivity contribution in [1.82, 2.24) is 15.0 Å². The average Bonchev–Trinajstić information content (AvgIpc) is 3.11. The Bertz CT molecular complexity index is 694. The number of aliphatic hydroxyl groups excluding tert-OH is 1. The Morgan fingerprint density at radius 2 is 2.00 bits per heavy atom. The van der Waals surface area contributed by atoms with Crippen molar-refractivity contribution in [2.45, 2.75) is 32.1 Å². The molecular weight excluding hydrogens is 325 g/mol. The van der Waals surface area contributed by atoms with Crippen molar-refractivity contribution in [3.63, 3.8) is 0 Å². The summed E-state index contributed by atoms with van der Waals surface area (Å²) in [5.41, 5.74) is 0.694. The number of hydrogen-bond acceptors (Lipinski definition) is 5. The third kappa shape index (κ3) is 4.63. The molecule has 1 aromatic carbocycles. The van der Waals surface area contributed by atoms with Gasteiger partial charge in [-0.2, -0.15) is 4.98 Å². The molecule has 0 aliphatic carbocycles. The molecule has 25 heavy (non-hydrogen) atoms. The van der Waals surface area contributed by atoms with Crippen molar-refractivity contribution in [3.8, 4) is 11.4 Å². The van der Waals surface area contributed by atoms with Crippen molar-refractivity contribution < 1.29 is 18.8 Å². The molecule has 1 aliphatic heterocycles. The quantitative estimate of drug-likeness (QED) is 0.868. The van der Waals surface area contributed by atoms with Crippen LogP contribution in [0.3, 0.4) is 0 Å². The van der Waals surface area contributed by atoms with Crippen LogP contribution in [0.2, 0.25) is 0 Å². The van der Waals surface area contributed by atoms with E-state index in [0.29, 0.717) is 42.5 Å². The Morgan fingerprint density at radius 3 is 2.68 bits per heavy atom. The van der Waals surface area contributed by atoms with Crippen molar-refractivity contribution in [2.24, 2.45) is 5.92 Å². The van der Waals surface area contributed by atoms with Crippen molar-refractivity contribution in [3.05, 3.63) is 36.0 Å². The maximum absolute atomic E-state index is 12.9. The van der Waals surface area contributed by atoms with Crippen LogP contribution in [-0.2, 0) is 11.2 Å². The van der Waals surface area contributed by atoms with E-state index in [1.807, 2.05) is 4.90 Å². The lowest BCUT2D eigenvalue weighted by atomic mass is 9.97. The number of hydrogen-bond donors (Lipinski definition) is 1. The van der Waals surface area contributed by atoms with E-state index >= 15 is 0 Å². The van der Waals surface area contributed by atoms with Crippen LogP contribution in [0.1, 0.15) is 31.6 Å². The fraction of sp³-hybridized carbons (Fsp3) is 0.500. The van der Waals surface area contributed by atoms with Gasteiger partial charge in [0.05, 0.1) is 0 Å². The molecule has 0 unspecified atom stereocenters. The zero-order valence-electron chi connectivity index (χ0n) is 14.0. The minimum absolute atomic E-state index is 0.134. The largest absolute Gasteiger partial charge is 0.396 e. The molecule has 1 fully saturated rings. The highest BCUT2D eigenvalue weighted by molar-refractivity contribution is 5.76. The van der Waals surface area contributed by atoms with Crippen LogP contribution in [0.15, 0.2) is 28.8 Å². The fourth-order valence-corrected chi connectivity index (χ4v) is 2.99. The summed E-state index contributed by atoms with van der Waals surface area (Å²) in [5, 5.41) is 13.0. The average molecular weight is 347 g/mol. The number of likely N-dealkylation sites (tertiary alicyclic amines) is 1. The van der Waals surface area contributed by atoms with Crippen LogP contribution in [0.4, 0.5) is 4.39 Å². The van der Waals surface area contributed by atoms with Crippen LogP contribution in [0, 0.1) is 11.7 Å². The van der Waals surface area contributed by atoms with Gasteiger partial charge in [0.1, 0.15) is 5.82 Å². The van der Waals surface area contributed by atoms with E-state index in [1.165, 1.54) is 12.1 Å². The third-order valence-electron chi connectivity index (χ3n) is 4.58. The van der Waals surface area contributed by atoms with E-state index in [4.69, 9.17) is 9.63 Å². The molecule has 0 radical (unpaired) electrons. The van der Waals surface area contributed by atoms with Gasteiger partial charge in [0.2, 0.25) is 17.6 Å². The molecule has 1 N–H and O–H groups in total. The maximum Gasteiger partial charge on any atom is 0.226 e. The van der Waals surface area contributed by atoms with Gasteiger partial charge in [0.15, 0.2) is 0 Å². The van der Waals surface area contributed by atoms with E-state index in [2.05, 4.69) is 10.1 Å². The minimum Gasteiger partial charge on any atom is -0.396 e. The fourth-order valence-electron chi connectivity index (χ4n) is 2.99. The Labute approximate surface area is 145 Å². The lowest BCUT2D eigenvalue weighted by Crippen LogP contribution is -2.39. The first-order valence-corrected chi connectivity index (χ1v) is 8.63. The second-order valence-electron chi connectivity index (χ2n) is 6.38. The Kier molecular flexibility index (Phi) is 5.75. The topological polar surface area (TPSA) is 79.5 Å². The van der Waals surface area contributed by atoms with Gasteiger partial charge < -0.3 is 14.5 Å². The molecule has 1 saturated heterocycles. The van der Waals surface area contributed by atoms with Crippen LogP contribution < -0.4 is 0 Å². The molecule has 0 atom stereocenters. The number of benzene rings is 1. The van der Waals surface area contributed by atoms with Crippen LogP contribution in [-0.4, -0.2) is 45.8 Å². The maximum atomic E-state index is 12.9. The minimum atomic E-state index is -0.311. The van der Waals surface area contributed by atoms with Gasteiger partial charge in [0, 0.05) is 38.1 Å². The summed E-state index contributed by atoms with van der Waals surface area (Å²) in [7, 11) is 0. The Morgan fingerprint density at radius 1 is 1.28 bits per heavy atom. The lowest BCUT2D eigenvalue weighted by molar-refractivity contribution is -0.132. The standard InChI is InChI=1S/C18H22FN3O3/c19-15-6-4-14(5-7-15)18-20-16(25-21-18)2-1-3-17(24)22-10-8-13(12-23)9-11-22/h4-7,13,23H,1-3,8-12H2. The molecule has 1 aliphatic rings. The Hall–Kier alpha value is -2.28. The molecule has 0 bridgehead atoms. The number of aromatic nitrogens is 2. The summed E-state index contributed by atoms with van der Waals surface area (Å²) in [6.07, 6.45) is 3.36. The molecule has 2 aromatic rings. The molecule has 6 nitrogen and oxygen atoms in total. The highest BCUT2D eigenvalue weighted by atomic mass is 19.1. The SMILES string of the molecule is O=C(CCCc1nc(-c2ccc(F)cc2)no1)N1CCC(CO)CC1. The van der Waals surface area contributed by atoms with E-state index in [0.717, 1.165) is 25.9 Å². The first-order chi connectivity index (χ1) is 12.2. The van der Waals surface area contributed by atoms with Gasteiger partial charge in [-0.25, -0.2) is 4.39 Å². The smallest absolute Gasteiger partial charge is 0.226 e. The summed E-state index contributed by atoms with van der Waals surface area (Å²) in [5.74, 6) is 1.05. The first kappa shape index (κ1) is 17.5. The van der Waals surface area contributed by atoms with E-state index in [-0.39, 0.29) is 18.3 Å². The normalized spacial score (nSPS) is 15.5. The monoisotopic (exact) mass is 347 g/mol. The number of carbonyl (C=O) groups is 1. The summed E-state index contributed by atoms with van der Waals surface area (Å²) in [6.45, 7) is 1.65. The molecule has 134 valence electrons. The molecule has 3 rings (SSSR count). The summed E-state index contributed by atoms with van der Waals surface area (Å²) < 4.78 is 18.1. The van der Waals surface area contributed by atoms with Crippen LogP contribution in [0.25, 0.3) is 11.4 Å². The number of piperidine rings is 1. The number of halogens is 1. The highest BCUT2D eigenvalue weighted by Gasteiger charge is 2.22. The molecule has 1 amide bonds. The predicted octanol–water partition coefficient (Wildman–Crippen LogP) is 2.43. The second-order valence-corrected chi connectivity index (χ2v) is 6.38. The molecule has 2 heterocycles. The molecule has 7 heteroatoms. The second kappa shape index (κ2) is 8.20. The van der Waals surface area contributed by atoms with Crippen molar-refractivity contribution in [1.29, 1.82) is 0 Å². The summed E-state index contributed by atoms with van der Waals surface area (Å²) >= 11 is 0. The van der Waals surface area contributed by atoms with Gasteiger partial charge in [-0.15, -0.1) is 0 Å². The number of nitrogens with zero attached hydrogens (tertiary/aromatic N) is 3. The van der Waals surface area contributed by atoms with Crippen LogP contribution >= 0.6 is 0 Å². The van der Waals surface area contributed by atoms with Crippen molar-refractivity contribution >= 4 is 5.91 Å². The summed E-state index contributed by atoms with van der Waals surface area (Å²) in [4.78, 5) is 18.4. The number of amides is 1. The van der Waals surface area contributed by atoms with Gasteiger partial charge in [-0.3, -0.25) is 4.79 Å². The number of carbonyl (C=O) groups excluding carboxylic acids is 1. The van der Waals surface area contributed by atoms with E-state index in [1.54, 1.807) is 12.1 Å². The Balaban J connectivity index is 1.45. The first-order valence-electron chi connectivity index (χ1n) is 8.63. The predicted molar refractivity (Wildman–Crippen MR) is 89.0 cm³/mol. The van der Waals surface area contributed by atoms with Gasteiger partial charge in [0.25, 0.3) is 0 Å². The zero-order valence-corrected chi connectivity index (χ0v) is 14.0. The van der Waals surface area contributed by atoms with Gasteiger partial charge >= 0.3 is 0 Å². The molecule has 1 aromatic heterocycles. The molecular formula is C18H22FN3O3. The zero-order chi connectivity index (χ0) is 17.6. The van der Waals surface area contributed by atoms with Gasteiger partial charge in [-0.05, 0) is 49.4 Å². The van der Waals surface area contributed by atoms with Crippen molar-refractivity contribution in [2.75, 3.05) is 19.7 Å².